The Morgan fingerprint density at radius 2 is 1.85 bits per heavy atom. The molecule has 13 heteroatoms. The maximum atomic E-state index is 14.7. The van der Waals surface area contributed by atoms with Crippen molar-refractivity contribution in [3.05, 3.63) is 78.5 Å². The number of fused-ring (bicyclic) bond motifs is 2. The highest BCUT2D eigenvalue weighted by molar-refractivity contribution is 7.90. The molecule has 11 nitrogen and oxygen atoms in total. The average molecular weight is 653 g/mol. The normalized spacial score (nSPS) is 14.9. The summed E-state index contributed by atoms with van der Waals surface area (Å²) in [5, 5.41) is 9.88. The van der Waals surface area contributed by atoms with Gasteiger partial charge in [0.15, 0.2) is 9.84 Å². The van der Waals surface area contributed by atoms with Crippen molar-refractivity contribution in [2.75, 3.05) is 11.6 Å². The second kappa shape index (κ2) is 12.3. The van der Waals surface area contributed by atoms with Crippen molar-refractivity contribution < 1.29 is 17.6 Å². The van der Waals surface area contributed by atoms with Crippen LogP contribution in [-0.2, 0) is 14.6 Å². The maximum absolute atomic E-state index is 14.7. The van der Waals surface area contributed by atoms with Crippen molar-refractivity contribution in [3.63, 3.8) is 0 Å². The SMILES string of the molecule is CS(=O)(=O)C(N)c1cc(F)cc(-c2nccc3[nH]c(-c4n[nH]c5ccc(-c6cncc(NC(=O)CC7CCCCC7)c6)nc45)cc23)c1. The van der Waals surface area contributed by atoms with Gasteiger partial charge in [-0.3, -0.25) is 19.9 Å². The van der Waals surface area contributed by atoms with E-state index in [0.717, 1.165) is 41.8 Å². The van der Waals surface area contributed by atoms with E-state index in [0.29, 0.717) is 57.3 Å². The lowest BCUT2D eigenvalue weighted by Gasteiger charge is -2.20. The first kappa shape index (κ1) is 30.6. The molecule has 1 aromatic carbocycles. The topological polar surface area (TPSA) is 172 Å². The van der Waals surface area contributed by atoms with Gasteiger partial charge in [0.25, 0.3) is 0 Å². The number of hydrogen-bond acceptors (Lipinski definition) is 8. The fraction of sp³-hybridized carbons (Fsp3) is 0.265. The van der Waals surface area contributed by atoms with Gasteiger partial charge in [-0.15, -0.1) is 0 Å². The number of nitrogens with one attached hydrogen (secondary N) is 3. The molecular formula is C34H33FN8O3S. The fourth-order valence-electron chi connectivity index (χ4n) is 6.33. The quantitative estimate of drug-likeness (QED) is 0.149. The van der Waals surface area contributed by atoms with E-state index in [4.69, 9.17) is 10.7 Å². The minimum absolute atomic E-state index is 0.00300. The van der Waals surface area contributed by atoms with Crippen LogP contribution in [0.2, 0.25) is 0 Å². The number of carbonyl (C=O) groups is 1. The first-order valence-electron chi connectivity index (χ1n) is 15.5. The van der Waals surface area contributed by atoms with Crippen LogP contribution < -0.4 is 11.1 Å². The number of nitrogens with zero attached hydrogens (tertiary/aromatic N) is 4. The molecule has 1 aliphatic rings. The number of benzene rings is 1. The molecule has 1 amide bonds. The Labute approximate surface area is 270 Å². The monoisotopic (exact) mass is 652 g/mol. The highest BCUT2D eigenvalue weighted by Gasteiger charge is 2.22. The number of hydrogen-bond donors (Lipinski definition) is 4. The molecule has 1 atom stereocenters. The molecule has 0 radical (unpaired) electrons. The van der Waals surface area contributed by atoms with Crippen LogP contribution in [0.25, 0.3) is 55.8 Å². The highest BCUT2D eigenvalue weighted by atomic mass is 32.2. The molecule has 47 heavy (non-hydrogen) atoms. The molecule has 0 spiro atoms. The van der Waals surface area contributed by atoms with Crippen molar-refractivity contribution in [1.82, 2.24) is 30.1 Å². The van der Waals surface area contributed by atoms with Crippen LogP contribution in [0.15, 0.2) is 67.1 Å². The molecule has 5 heterocycles. The largest absolute Gasteiger partial charge is 0.353 e. The summed E-state index contributed by atoms with van der Waals surface area (Å²) in [6, 6.07) is 13.2. The minimum Gasteiger partial charge on any atom is -0.353 e. The second-order valence-corrected chi connectivity index (χ2v) is 14.4. The molecule has 0 saturated heterocycles. The zero-order valence-electron chi connectivity index (χ0n) is 25.6. The summed E-state index contributed by atoms with van der Waals surface area (Å²) in [7, 11) is -3.65. The zero-order chi connectivity index (χ0) is 32.7. The molecular weight excluding hydrogens is 619 g/mol. The van der Waals surface area contributed by atoms with E-state index in [1.165, 1.54) is 25.3 Å². The predicted molar refractivity (Wildman–Crippen MR) is 179 cm³/mol. The number of amides is 1. The predicted octanol–water partition coefficient (Wildman–Crippen LogP) is 6.28. The van der Waals surface area contributed by atoms with Gasteiger partial charge in [-0.1, -0.05) is 19.3 Å². The Kier molecular flexibility index (Phi) is 8.02. The zero-order valence-corrected chi connectivity index (χ0v) is 26.4. The van der Waals surface area contributed by atoms with Crippen molar-refractivity contribution in [1.29, 1.82) is 0 Å². The first-order valence-corrected chi connectivity index (χ1v) is 17.4. The molecule has 6 aromatic rings. The number of aromatic amines is 2. The van der Waals surface area contributed by atoms with E-state index in [9.17, 15) is 17.6 Å². The lowest BCUT2D eigenvalue weighted by molar-refractivity contribution is -0.117. The number of anilines is 1. The van der Waals surface area contributed by atoms with Crippen LogP contribution in [-0.4, -0.2) is 50.7 Å². The first-order chi connectivity index (χ1) is 22.6. The van der Waals surface area contributed by atoms with Crippen LogP contribution >= 0.6 is 0 Å². The van der Waals surface area contributed by atoms with Crippen LogP contribution in [0, 0.1) is 11.7 Å². The summed E-state index contributed by atoms with van der Waals surface area (Å²) < 4.78 is 38.9. The third-order valence-electron chi connectivity index (χ3n) is 8.71. The Bertz CT molecular complexity index is 2240. The van der Waals surface area contributed by atoms with Gasteiger partial charge < -0.3 is 16.0 Å². The van der Waals surface area contributed by atoms with Crippen molar-refractivity contribution >= 4 is 43.4 Å². The minimum atomic E-state index is -3.65. The summed E-state index contributed by atoms with van der Waals surface area (Å²) in [5.74, 6) is -0.190. The van der Waals surface area contributed by atoms with Crippen molar-refractivity contribution in [3.8, 4) is 33.9 Å². The highest BCUT2D eigenvalue weighted by Crippen LogP contribution is 2.35. The van der Waals surface area contributed by atoms with Gasteiger partial charge in [0.2, 0.25) is 5.91 Å². The molecule has 1 saturated carbocycles. The van der Waals surface area contributed by atoms with Gasteiger partial charge in [0.05, 0.1) is 34.5 Å². The second-order valence-electron chi connectivity index (χ2n) is 12.2. The molecule has 5 aromatic heterocycles. The van der Waals surface area contributed by atoms with E-state index in [2.05, 4.69) is 30.5 Å². The molecule has 5 N–H and O–H groups in total. The van der Waals surface area contributed by atoms with Crippen molar-refractivity contribution in [2.24, 2.45) is 11.7 Å². The van der Waals surface area contributed by atoms with Crippen LogP contribution in [0.4, 0.5) is 10.1 Å². The number of carbonyl (C=O) groups excluding carboxylic acids is 1. The Morgan fingerprint density at radius 3 is 2.66 bits per heavy atom. The smallest absolute Gasteiger partial charge is 0.224 e. The van der Waals surface area contributed by atoms with Gasteiger partial charge in [0.1, 0.15) is 22.4 Å². The summed E-state index contributed by atoms with van der Waals surface area (Å²) in [6.45, 7) is 0. The van der Waals surface area contributed by atoms with Gasteiger partial charge in [0, 0.05) is 47.1 Å². The number of sulfone groups is 1. The third-order valence-corrected chi connectivity index (χ3v) is 9.91. The van der Waals surface area contributed by atoms with E-state index in [1.807, 2.05) is 24.3 Å². The van der Waals surface area contributed by atoms with Crippen LogP contribution in [0.3, 0.4) is 0 Å². The number of rotatable bonds is 8. The third kappa shape index (κ3) is 6.36. The Morgan fingerprint density at radius 1 is 1.02 bits per heavy atom. The van der Waals surface area contributed by atoms with E-state index in [1.54, 1.807) is 30.7 Å². The molecule has 1 unspecified atom stereocenters. The summed E-state index contributed by atoms with van der Waals surface area (Å²) in [5.41, 5.74) is 12.2. The lowest BCUT2D eigenvalue weighted by atomic mass is 9.87. The van der Waals surface area contributed by atoms with Gasteiger partial charge >= 0.3 is 0 Å². The van der Waals surface area contributed by atoms with Crippen LogP contribution in [0.5, 0.6) is 0 Å². The van der Waals surface area contributed by atoms with E-state index in [-0.39, 0.29) is 11.5 Å². The average Bonchev–Trinajstić information content (AvgIpc) is 3.68. The lowest BCUT2D eigenvalue weighted by Crippen LogP contribution is -2.20. The number of pyridine rings is 3. The maximum Gasteiger partial charge on any atom is 0.224 e. The van der Waals surface area contributed by atoms with E-state index < -0.39 is 21.0 Å². The fourth-order valence-corrected chi connectivity index (χ4v) is 6.96. The molecule has 0 bridgehead atoms. The standard InChI is InChI=1S/C34H33FN8O3S/c1-47(45,46)34(36)21-12-20(13-23(35)14-21)31-25-16-29(40-27(25)9-10-38-31)33-32-28(42-43-33)8-7-26(41-32)22-15-24(18-37-17-22)39-30(44)11-19-5-3-2-4-6-19/h7-10,12-19,34,40H,2-6,11,36H2,1H3,(H,39,44)(H,42,43). The molecule has 1 fully saturated rings. The number of H-pyrrole nitrogens is 2. The molecule has 0 aliphatic heterocycles. The molecule has 1 aliphatic carbocycles. The van der Waals surface area contributed by atoms with Gasteiger partial charge in [-0.05, 0) is 72.9 Å². The van der Waals surface area contributed by atoms with Gasteiger partial charge in [-0.25, -0.2) is 17.8 Å². The Hall–Kier alpha value is -5.01. The summed E-state index contributed by atoms with van der Waals surface area (Å²) >= 11 is 0. The summed E-state index contributed by atoms with van der Waals surface area (Å²) in [4.78, 5) is 29.9. The number of aromatic nitrogens is 6. The van der Waals surface area contributed by atoms with Gasteiger partial charge in [-0.2, -0.15) is 5.10 Å². The Balaban J connectivity index is 1.20. The summed E-state index contributed by atoms with van der Waals surface area (Å²) in [6.07, 6.45) is 12.3. The number of halogens is 1. The molecule has 240 valence electrons. The number of nitrogens with two attached hydrogens (primary N) is 1. The van der Waals surface area contributed by atoms with E-state index >= 15 is 0 Å². The molecule has 7 rings (SSSR count). The van der Waals surface area contributed by atoms with Crippen molar-refractivity contribution in [2.45, 2.75) is 43.9 Å². The van der Waals surface area contributed by atoms with Crippen LogP contribution in [0.1, 0.15) is 49.5 Å².